The molecule has 0 radical (unpaired) electrons. The number of rotatable bonds is 1. The first kappa shape index (κ1) is 15.4. The maximum absolute atomic E-state index is 13.1. The highest BCUT2D eigenvalue weighted by Crippen LogP contribution is 2.72. The van der Waals surface area contributed by atoms with Crippen molar-refractivity contribution >= 4 is 5.97 Å². The molecule has 5 rings (SSSR count). The zero-order valence-electron chi connectivity index (χ0n) is 14.6. The van der Waals surface area contributed by atoms with Crippen LogP contribution in [0.2, 0.25) is 0 Å². The fourth-order valence-electron chi connectivity index (χ4n) is 6.64. The molecule has 4 fully saturated rings. The van der Waals surface area contributed by atoms with Gasteiger partial charge in [0.15, 0.2) is 0 Å². The van der Waals surface area contributed by atoms with Gasteiger partial charge in [0.2, 0.25) is 0 Å². The van der Waals surface area contributed by atoms with Gasteiger partial charge in [0.05, 0.1) is 12.7 Å². The van der Waals surface area contributed by atoms with Gasteiger partial charge in [0, 0.05) is 11.8 Å². The second kappa shape index (κ2) is 4.08. The molecular weight excluding hydrogens is 308 g/mol. The van der Waals surface area contributed by atoms with E-state index in [1.807, 2.05) is 0 Å². The molecule has 2 N–H and O–H groups in total. The number of hydrogen-bond donors (Lipinski definition) is 2. The van der Waals surface area contributed by atoms with E-state index in [0.29, 0.717) is 25.2 Å². The highest BCUT2D eigenvalue weighted by atomic mass is 16.6. The van der Waals surface area contributed by atoms with Crippen LogP contribution in [0, 0.1) is 16.7 Å². The van der Waals surface area contributed by atoms with Crippen LogP contribution >= 0.6 is 0 Å². The maximum atomic E-state index is 13.1. The third-order valence-electron chi connectivity index (χ3n) is 8.54. The van der Waals surface area contributed by atoms with Crippen LogP contribution in [-0.2, 0) is 14.3 Å². The van der Waals surface area contributed by atoms with Gasteiger partial charge < -0.3 is 19.7 Å². The van der Waals surface area contributed by atoms with Gasteiger partial charge in [-0.3, -0.25) is 4.79 Å². The molecule has 2 saturated heterocycles. The largest absolute Gasteiger partial charge is 0.459 e. The highest BCUT2D eigenvalue weighted by Gasteiger charge is 2.79. The Bertz CT molecular complexity index is 685. The lowest BCUT2D eigenvalue weighted by Crippen LogP contribution is -2.68. The number of carbonyl (C=O) groups is 1. The Morgan fingerprint density at radius 2 is 2.08 bits per heavy atom. The molecule has 24 heavy (non-hydrogen) atoms. The van der Waals surface area contributed by atoms with E-state index in [0.717, 1.165) is 18.4 Å². The minimum absolute atomic E-state index is 0.140. The number of fused-ring (bicyclic) bond motifs is 1. The van der Waals surface area contributed by atoms with E-state index in [1.165, 1.54) is 5.57 Å². The fourth-order valence-corrected chi connectivity index (χ4v) is 6.64. The lowest BCUT2D eigenvalue weighted by atomic mass is 9.45. The van der Waals surface area contributed by atoms with Crippen molar-refractivity contribution in [1.82, 2.24) is 0 Å². The monoisotopic (exact) mass is 334 g/mol. The molecule has 0 aromatic heterocycles. The van der Waals surface area contributed by atoms with Crippen molar-refractivity contribution in [2.75, 3.05) is 6.61 Å². The zero-order valence-corrected chi connectivity index (χ0v) is 14.6. The summed E-state index contributed by atoms with van der Waals surface area (Å²) in [5.41, 5.74) is -1.02. The zero-order chi connectivity index (χ0) is 17.1. The molecule has 132 valence electrons. The van der Waals surface area contributed by atoms with E-state index in [9.17, 15) is 15.0 Å². The molecule has 5 aliphatic rings. The van der Waals surface area contributed by atoms with Crippen molar-refractivity contribution in [2.45, 2.75) is 76.3 Å². The minimum Gasteiger partial charge on any atom is -0.459 e. The summed E-state index contributed by atoms with van der Waals surface area (Å²) in [6.45, 7) is 6.14. The van der Waals surface area contributed by atoms with Gasteiger partial charge >= 0.3 is 5.97 Å². The Morgan fingerprint density at radius 3 is 2.79 bits per heavy atom. The molecule has 1 spiro atoms. The summed E-state index contributed by atoms with van der Waals surface area (Å²) in [6.07, 6.45) is 2.53. The van der Waals surface area contributed by atoms with Crippen LogP contribution in [-0.4, -0.2) is 46.2 Å². The second-order valence-electron chi connectivity index (χ2n) is 9.11. The Kier molecular flexibility index (Phi) is 2.61. The SMILES string of the molecule is CC1=C2CC3(C)C(C)CCC4OC(=O)C5(CO)CC1OC25CC43O. The first-order chi connectivity index (χ1) is 11.2. The summed E-state index contributed by atoms with van der Waals surface area (Å²) in [5.74, 6) is -0.0342. The van der Waals surface area contributed by atoms with E-state index in [2.05, 4.69) is 20.8 Å². The Morgan fingerprint density at radius 1 is 1.33 bits per heavy atom. The smallest absolute Gasteiger partial charge is 0.318 e. The molecule has 5 nitrogen and oxygen atoms in total. The topological polar surface area (TPSA) is 76.0 Å². The predicted molar refractivity (Wildman–Crippen MR) is 85.0 cm³/mol. The van der Waals surface area contributed by atoms with E-state index in [1.54, 1.807) is 0 Å². The molecule has 0 aromatic carbocycles. The second-order valence-corrected chi connectivity index (χ2v) is 9.11. The average molecular weight is 334 g/mol. The van der Waals surface area contributed by atoms with Crippen LogP contribution in [0.3, 0.4) is 0 Å². The van der Waals surface area contributed by atoms with Gasteiger partial charge in [-0.25, -0.2) is 0 Å². The van der Waals surface area contributed by atoms with Crippen LogP contribution in [0.5, 0.6) is 0 Å². The third kappa shape index (κ3) is 1.26. The fraction of sp³-hybridized carbons (Fsp3) is 0.842. The minimum atomic E-state index is -1.10. The summed E-state index contributed by atoms with van der Waals surface area (Å²) in [4.78, 5) is 13.1. The number of aliphatic hydroxyl groups is 2. The number of aliphatic hydroxyl groups excluding tert-OH is 1. The van der Waals surface area contributed by atoms with Gasteiger partial charge in [-0.1, -0.05) is 13.8 Å². The van der Waals surface area contributed by atoms with Crippen molar-refractivity contribution in [2.24, 2.45) is 16.7 Å². The molecule has 3 aliphatic heterocycles. The Hall–Kier alpha value is -0.910. The quantitative estimate of drug-likeness (QED) is 0.564. The Balaban J connectivity index is 1.80. The van der Waals surface area contributed by atoms with Gasteiger partial charge in [-0.05, 0) is 49.7 Å². The summed E-state index contributed by atoms with van der Waals surface area (Å²) in [6, 6.07) is 0. The lowest BCUT2D eigenvalue weighted by molar-refractivity contribution is -0.231. The van der Waals surface area contributed by atoms with Crippen molar-refractivity contribution < 1.29 is 24.5 Å². The predicted octanol–water partition coefficient (Wildman–Crippen LogP) is 1.71. The van der Waals surface area contributed by atoms with E-state index in [4.69, 9.17) is 9.47 Å². The van der Waals surface area contributed by atoms with Crippen LogP contribution in [0.15, 0.2) is 11.1 Å². The summed E-state index contributed by atoms with van der Waals surface area (Å²) in [5, 5.41) is 22.1. The number of carbonyl (C=O) groups excluding carboxylic acids is 1. The van der Waals surface area contributed by atoms with Gasteiger partial charge in [0.25, 0.3) is 0 Å². The Labute approximate surface area is 142 Å². The third-order valence-corrected chi connectivity index (χ3v) is 8.54. The van der Waals surface area contributed by atoms with Crippen molar-refractivity contribution in [3.63, 3.8) is 0 Å². The lowest BCUT2D eigenvalue weighted by Gasteiger charge is -2.61. The molecule has 2 saturated carbocycles. The van der Waals surface area contributed by atoms with Gasteiger partial charge in [-0.2, -0.15) is 0 Å². The van der Waals surface area contributed by atoms with Gasteiger partial charge in [-0.15, -0.1) is 0 Å². The summed E-state index contributed by atoms with van der Waals surface area (Å²) >= 11 is 0. The molecular formula is C19H26O5. The van der Waals surface area contributed by atoms with E-state index >= 15 is 0 Å². The molecule has 5 heteroatoms. The van der Waals surface area contributed by atoms with Crippen LogP contribution in [0.4, 0.5) is 0 Å². The number of ether oxygens (including phenoxy) is 2. The van der Waals surface area contributed by atoms with E-state index in [-0.39, 0.29) is 24.1 Å². The molecule has 2 aliphatic carbocycles. The van der Waals surface area contributed by atoms with Crippen LogP contribution in [0.25, 0.3) is 0 Å². The molecule has 3 heterocycles. The van der Waals surface area contributed by atoms with Crippen molar-refractivity contribution in [3.05, 3.63) is 11.1 Å². The normalized spacial score (nSPS) is 57.9. The van der Waals surface area contributed by atoms with Crippen LogP contribution in [0.1, 0.15) is 52.9 Å². The first-order valence-corrected chi connectivity index (χ1v) is 9.16. The van der Waals surface area contributed by atoms with Crippen LogP contribution < -0.4 is 0 Å². The average Bonchev–Trinajstić information content (AvgIpc) is 2.97. The molecule has 0 aromatic rings. The highest BCUT2D eigenvalue weighted by molar-refractivity contribution is 5.83. The van der Waals surface area contributed by atoms with Gasteiger partial charge in [0.1, 0.15) is 22.7 Å². The number of esters is 1. The molecule has 7 atom stereocenters. The standard InChI is InChI=1S/C19H26O5/c1-10-4-5-14-18(22)8-19-12(6-16(10,18)3)11(2)13(24-19)7-17(19,9-20)15(21)23-14/h10,13-14,20,22H,4-9H2,1-3H3. The summed E-state index contributed by atoms with van der Waals surface area (Å²) in [7, 11) is 0. The molecule has 0 amide bonds. The maximum Gasteiger partial charge on any atom is 0.318 e. The van der Waals surface area contributed by atoms with Crippen molar-refractivity contribution in [3.8, 4) is 0 Å². The summed E-state index contributed by atoms with van der Waals surface area (Å²) < 4.78 is 12.2. The molecule has 7 unspecified atom stereocenters. The van der Waals surface area contributed by atoms with Crippen molar-refractivity contribution in [1.29, 1.82) is 0 Å². The first-order valence-electron chi connectivity index (χ1n) is 9.16. The van der Waals surface area contributed by atoms with E-state index < -0.39 is 22.7 Å². The number of hydrogen-bond acceptors (Lipinski definition) is 5. The molecule has 3 bridgehead atoms.